The van der Waals surface area contributed by atoms with Gasteiger partial charge in [0.05, 0.1) is 23.5 Å². The molecule has 140 valence electrons. The maximum atomic E-state index is 12.9. The second-order valence-corrected chi connectivity index (χ2v) is 7.02. The molecule has 0 radical (unpaired) electrons. The molecule has 3 N–H and O–H groups in total. The molecule has 1 aromatic carbocycles. The number of H-pyrrole nitrogens is 1. The van der Waals surface area contributed by atoms with Gasteiger partial charge in [0.25, 0.3) is 11.8 Å². The van der Waals surface area contributed by atoms with E-state index in [0.717, 1.165) is 5.69 Å². The van der Waals surface area contributed by atoms with Crippen molar-refractivity contribution in [1.82, 2.24) is 25.3 Å². The van der Waals surface area contributed by atoms with Gasteiger partial charge in [-0.2, -0.15) is 10.2 Å². The number of anilines is 1. The molecule has 0 fully saturated rings. The number of carbonyl (C=O) groups is 2. The second kappa shape index (κ2) is 7.93. The van der Waals surface area contributed by atoms with Crippen LogP contribution >= 0.6 is 27.5 Å². The summed E-state index contributed by atoms with van der Waals surface area (Å²) in [5, 5.41) is 16.8. The van der Waals surface area contributed by atoms with Gasteiger partial charge in [-0.3, -0.25) is 19.4 Å². The molecule has 0 unspecified atom stereocenters. The normalized spacial score (nSPS) is 10.7. The average Bonchev–Trinajstić information content (AvgIpc) is 3.26. The van der Waals surface area contributed by atoms with Crippen molar-refractivity contribution in [2.75, 3.05) is 12.4 Å². The first-order valence-corrected chi connectivity index (χ1v) is 9.11. The number of hydrogen-bond donors (Lipinski definition) is 3. The smallest absolute Gasteiger partial charge is 0.274 e. The zero-order chi connectivity index (χ0) is 19.6. The highest BCUT2D eigenvalue weighted by Gasteiger charge is 2.20. The number of halogens is 2. The summed E-state index contributed by atoms with van der Waals surface area (Å²) in [6, 6.07) is 6.60. The number of rotatable bonds is 5. The van der Waals surface area contributed by atoms with E-state index in [-0.39, 0.29) is 11.5 Å². The molecule has 0 spiro atoms. The van der Waals surface area contributed by atoms with Crippen LogP contribution in [-0.4, -0.2) is 38.8 Å². The first kappa shape index (κ1) is 19.1. The topological polar surface area (TPSA) is 105 Å². The van der Waals surface area contributed by atoms with Crippen molar-refractivity contribution in [3.05, 3.63) is 62.6 Å². The fraction of sp³-hybridized carbons (Fsp3) is 0.176. The van der Waals surface area contributed by atoms with E-state index in [4.69, 9.17) is 11.6 Å². The number of nitrogens with zero attached hydrogens (tertiary/aromatic N) is 3. The zero-order valence-corrected chi connectivity index (χ0v) is 16.8. The molecule has 27 heavy (non-hydrogen) atoms. The van der Waals surface area contributed by atoms with Crippen LogP contribution in [0.5, 0.6) is 0 Å². The van der Waals surface area contributed by atoms with Gasteiger partial charge in [0.1, 0.15) is 10.3 Å². The molecular formula is C17H16BrClN6O2. The summed E-state index contributed by atoms with van der Waals surface area (Å²) >= 11 is 9.36. The summed E-state index contributed by atoms with van der Waals surface area (Å²) < 4.78 is 2.06. The molecule has 0 saturated carbocycles. The summed E-state index contributed by atoms with van der Waals surface area (Å²) in [5.74, 6) is -0.744. The Labute approximate surface area is 168 Å². The highest BCUT2D eigenvalue weighted by molar-refractivity contribution is 9.10. The number of aryl methyl sites for hydroxylation is 1. The van der Waals surface area contributed by atoms with Crippen LogP contribution in [0.3, 0.4) is 0 Å². The van der Waals surface area contributed by atoms with Crippen molar-refractivity contribution in [2.24, 2.45) is 0 Å². The van der Waals surface area contributed by atoms with Crippen LogP contribution < -0.4 is 10.6 Å². The van der Waals surface area contributed by atoms with Crippen molar-refractivity contribution < 1.29 is 9.59 Å². The Hall–Kier alpha value is -2.65. The molecule has 0 aliphatic rings. The van der Waals surface area contributed by atoms with Crippen LogP contribution in [0.25, 0.3) is 0 Å². The maximum Gasteiger partial charge on any atom is 0.274 e. The minimum atomic E-state index is -0.400. The lowest BCUT2D eigenvalue weighted by molar-refractivity contribution is 0.0964. The summed E-state index contributed by atoms with van der Waals surface area (Å²) in [6.45, 7) is 2.11. The van der Waals surface area contributed by atoms with Crippen molar-refractivity contribution in [2.45, 2.75) is 13.5 Å². The first-order valence-electron chi connectivity index (χ1n) is 7.94. The Balaban J connectivity index is 1.94. The van der Waals surface area contributed by atoms with Crippen molar-refractivity contribution >= 4 is 45.0 Å². The van der Waals surface area contributed by atoms with Crippen LogP contribution in [0, 0.1) is 6.92 Å². The van der Waals surface area contributed by atoms with Gasteiger partial charge >= 0.3 is 0 Å². The van der Waals surface area contributed by atoms with E-state index in [2.05, 4.69) is 41.9 Å². The highest BCUT2D eigenvalue weighted by Crippen LogP contribution is 2.26. The quantitative estimate of drug-likeness (QED) is 0.554. The van der Waals surface area contributed by atoms with E-state index in [0.29, 0.717) is 33.1 Å². The largest absolute Gasteiger partial charge is 0.355 e. The Morgan fingerprint density at radius 2 is 2.07 bits per heavy atom. The van der Waals surface area contributed by atoms with Gasteiger partial charge in [-0.25, -0.2) is 0 Å². The molecule has 0 aliphatic carbocycles. The molecule has 8 nitrogen and oxygen atoms in total. The number of benzene rings is 1. The second-order valence-electron chi connectivity index (χ2n) is 5.77. The SMILES string of the molecule is CNC(=O)c1cc(Cl)cc(C)c1NC(=O)c1cc(Br)nn1Cc1ccn[nH]1. The van der Waals surface area contributed by atoms with E-state index in [1.165, 1.54) is 17.8 Å². The number of hydrogen-bond acceptors (Lipinski definition) is 4. The minimum Gasteiger partial charge on any atom is -0.355 e. The van der Waals surface area contributed by atoms with Crippen LogP contribution in [0.15, 0.2) is 35.1 Å². The number of amides is 2. The molecule has 0 atom stereocenters. The third-order valence-corrected chi connectivity index (χ3v) is 4.48. The summed E-state index contributed by atoms with van der Waals surface area (Å²) in [5.41, 5.74) is 2.49. The van der Waals surface area contributed by atoms with Gasteiger partial charge in [0, 0.05) is 24.3 Å². The van der Waals surface area contributed by atoms with Crippen LogP contribution in [-0.2, 0) is 6.54 Å². The first-order chi connectivity index (χ1) is 12.9. The van der Waals surface area contributed by atoms with E-state index < -0.39 is 5.91 Å². The monoisotopic (exact) mass is 450 g/mol. The van der Waals surface area contributed by atoms with E-state index in [1.54, 1.807) is 31.3 Å². The van der Waals surface area contributed by atoms with E-state index in [1.807, 2.05) is 0 Å². The fourth-order valence-electron chi connectivity index (χ4n) is 2.62. The van der Waals surface area contributed by atoms with Crippen LogP contribution in [0.1, 0.15) is 32.1 Å². The zero-order valence-electron chi connectivity index (χ0n) is 14.5. The minimum absolute atomic E-state index is 0.287. The number of nitrogens with one attached hydrogen (secondary N) is 3. The van der Waals surface area contributed by atoms with Crippen molar-refractivity contribution in [3.63, 3.8) is 0 Å². The van der Waals surface area contributed by atoms with Crippen molar-refractivity contribution in [3.8, 4) is 0 Å². The molecule has 0 saturated heterocycles. The van der Waals surface area contributed by atoms with Crippen LogP contribution in [0.4, 0.5) is 5.69 Å². The lowest BCUT2D eigenvalue weighted by atomic mass is 10.1. The third kappa shape index (κ3) is 4.20. The summed E-state index contributed by atoms with van der Waals surface area (Å²) in [4.78, 5) is 25.1. The predicted octanol–water partition coefficient (Wildman–Crippen LogP) is 2.99. The Morgan fingerprint density at radius 1 is 1.30 bits per heavy atom. The van der Waals surface area contributed by atoms with Crippen LogP contribution in [0.2, 0.25) is 5.02 Å². The van der Waals surface area contributed by atoms with Gasteiger partial charge in [-0.1, -0.05) is 11.6 Å². The molecule has 0 aliphatic heterocycles. The number of carbonyl (C=O) groups excluding carboxylic acids is 2. The predicted molar refractivity (Wildman–Crippen MR) is 105 cm³/mol. The lowest BCUT2D eigenvalue weighted by Gasteiger charge is -2.14. The Bertz CT molecular complexity index is 999. The van der Waals surface area contributed by atoms with E-state index in [9.17, 15) is 9.59 Å². The van der Waals surface area contributed by atoms with Gasteiger partial charge in [-0.05, 0) is 46.6 Å². The summed E-state index contributed by atoms with van der Waals surface area (Å²) in [7, 11) is 1.51. The number of aromatic amines is 1. The fourth-order valence-corrected chi connectivity index (χ4v) is 3.30. The van der Waals surface area contributed by atoms with Gasteiger partial charge in [0.2, 0.25) is 0 Å². The molecule has 2 aromatic heterocycles. The average molecular weight is 452 g/mol. The summed E-state index contributed by atoms with van der Waals surface area (Å²) in [6.07, 6.45) is 1.63. The maximum absolute atomic E-state index is 12.9. The van der Waals surface area contributed by atoms with Gasteiger partial charge in [0.15, 0.2) is 0 Å². The molecule has 2 heterocycles. The van der Waals surface area contributed by atoms with E-state index >= 15 is 0 Å². The Kier molecular flexibility index (Phi) is 5.62. The highest BCUT2D eigenvalue weighted by atomic mass is 79.9. The molecule has 3 aromatic rings. The molecular weight excluding hydrogens is 436 g/mol. The molecule has 2 amide bonds. The van der Waals surface area contributed by atoms with Gasteiger partial charge in [-0.15, -0.1) is 0 Å². The van der Waals surface area contributed by atoms with Crippen molar-refractivity contribution in [1.29, 1.82) is 0 Å². The molecule has 10 heteroatoms. The standard InChI is InChI=1S/C17H16BrClN6O2/c1-9-5-10(19)6-12(16(26)20-2)15(9)22-17(27)13-7-14(18)24-25(13)8-11-3-4-21-23-11/h3-7H,8H2,1-2H3,(H,20,26)(H,21,23)(H,22,27). The van der Waals surface area contributed by atoms with Gasteiger partial charge < -0.3 is 10.6 Å². The lowest BCUT2D eigenvalue weighted by Crippen LogP contribution is -2.24. The molecule has 0 bridgehead atoms. The number of aromatic nitrogens is 4. The third-order valence-electron chi connectivity index (χ3n) is 3.87. The Morgan fingerprint density at radius 3 is 2.74 bits per heavy atom. The molecule has 3 rings (SSSR count).